The standard InChI is InChI=1S/C10H15N3OS/c1-10(2,11)8(14)13-9-12-7(5-15-9)6-3-4-6/h5-6H,3-4,11H2,1-2H3,(H,12,13,14). The zero-order valence-electron chi connectivity index (χ0n) is 8.91. The average molecular weight is 225 g/mol. The fraction of sp³-hybridized carbons (Fsp3) is 0.600. The lowest BCUT2D eigenvalue weighted by atomic mass is 10.1. The van der Waals surface area contributed by atoms with Crippen molar-refractivity contribution in [3.05, 3.63) is 11.1 Å². The molecule has 4 nitrogen and oxygen atoms in total. The Morgan fingerprint density at radius 3 is 2.87 bits per heavy atom. The van der Waals surface area contributed by atoms with Crippen molar-refractivity contribution < 1.29 is 4.79 Å². The van der Waals surface area contributed by atoms with Gasteiger partial charge in [-0.05, 0) is 26.7 Å². The third kappa shape index (κ3) is 2.54. The summed E-state index contributed by atoms with van der Waals surface area (Å²) in [4.78, 5) is 15.9. The fourth-order valence-electron chi connectivity index (χ4n) is 1.17. The molecular weight excluding hydrogens is 210 g/mol. The number of nitrogens with zero attached hydrogens (tertiary/aromatic N) is 1. The molecule has 0 aromatic carbocycles. The molecule has 1 heterocycles. The minimum atomic E-state index is -0.856. The molecule has 1 saturated carbocycles. The first-order chi connectivity index (χ1) is 6.97. The van der Waals surface area contributed by atoms with E-state index in [9.17, 15) is 4.79 Å². The molecular formula is C10H15N3OS. The lowest BCUT2D eigenvalue weighted by Gasteiger charge is -2.16. The van der Waals surface area contributed by atoms with Crippen LogP contribution in [0.3, 0.4) is 0 Å². The summed E-state index contributed by atoms with van der Waals surface area (Å²) in [7, 11) is 0. The van der Waals surface area contributed by atoms with Crippen molar-refractivity contribution in [1.82, 2.24) is 4.98 Å². The summed E-state index contributed by atoms with van der Waals surface area (Å²) in [6.45, 7) is 3.36. The van der Waals surface area contributed by atoms with Crippen LogP contribution < -0.4 is 11.1 Å². The van der Waals surface area contributed by atoms with E-state index >= 15 is 0 Å². The fourth-order valence-corrected chi connectivity index (χ4v) is 1.96. The smallest absolute Gasteiger partial charge is 0.245 e. The second-order valence-corrected chi connectivity index (χ2v) is 5.39. The molecule has 82 valence electrons. The van der Waals surface area contributed by atoms with E-state index in [0.717, 1.165) is 5.69 Å². The van der Waals surface area contributed by atoms with Crippen LogP contribution in [0.25, 0.3) is 0 Å². The van der Waals surface area contributed by atoms with Gasteiger partial charge in [-0.1, -0.05) is 0 Å². The number of amides is 1. The lowest BCUT2D eigenvalue weighted by Crippen LogP contribution is -2.45. The molecule has 3 N–H and O–H groups in total. The van der Waals surface area contributed by atoms with Crippen molar-refractivity contribution in [2.75, 3.05) is 5.32 Å². The van der Waals surface area contributed by atoms with E-state index in [1.54, 1.807) is 13.8 Å². The van der Waals surface area contributed by atoms with Gasteiger partial charge in [0.15, 0.2) is 5.13 Å². The molecule has 1 aromatic heterocycles. The summed E-state index contributed by atoms with van der Waals surface area (Å²) in [5, 5.41) is 5.39. The van der Waals surface area contributed by atoms with Gasteiger partial charge in [-0.2, -0.15) is 0 Å². The Hall–Kier alpha value is -0.940. The highest BCUT2D eigenvalue weighted by molar-refractivity contribution is 7.13. The molecule has 0 bridgehead atoms. The molecule has 1 aliphatic carbocycles. The Balaban J connectivity index is 2.01. The minimum absolute atomic E-state index is 0.195. The van der Waals surface area contributed by atoms with Crippen LogP contribution in [0.4, 0.5) is 5.13 Å². The summed E-state index contributed by atoms with van der Waals surface area (Å²) >= 11 is 1.46. The maximum Gasteiger partial charge on any atom is 0.245 e. The molecule has 0 atom stereocenters. The van der Waals surface area contributed by atoms with Gasteiger partial charge >= 0.3 is 0 Å². The van der Waals surface area contributed by atoms with Crippen molar-refractivity contribution in [2.45, 2.75) is 38.1 Å². The van der Waals surface area contributed by atoms with Crippen LogP contribution >= 0.6 is 11.3 Å². The molecule has 15 heavy (non-hydrogen) atoms. The largest absolute Gasteiger partial charge is 0.318 e. The normalized spacial score (nSPS) is 16.5. The number of nitrogens with one attached hydrogen (secondary N) is 1. The number of carbonyl (C=O) groups is 1. The van der Waals surface area contributed by atoms with Crippen molar-refractivity contribution in [2.24, 2.45) is 5.73 Å². The summed E-state index contributed by atoms with van der Waals surface area (Å²) in [5.74, 6) is 0.428. The molecule has 2 rings (SSSR count). The van der Waals surface area contributed by atoms with E-state index in [-0.39, 0.29) is 5.91 Å². The zero-order valence-corrected chi connectivity index (χ0v) is 9.73. The van der Waals surface area contributed by atoms with Crippen LogP contribution in [0.1, 0.15) is 38.3 Å². The van der Waals surface area contributed by atoms with Gasteiger partial charge in [0.05, 0.1) is 11.2 Å². The number of nitrogens with two attached hydrogens (primary N) is 1. The van der Waals surface area contributed by atoms with Crippen LogP contribution in [0.2, 0.25) is 0 Å². The summed E-state index contributed by atoms with van der Waals surface area (Å²) in [5.41, 5.74) is 5.92. The number of anilines is 1. The van der Waals surface area contributed by atoms with Crippen LogP contribution in [0.15, 0.2) is 5.38 Å². The van der Waals surface area contributed by atoms with Crippen LogP contribution in [0.5, 0.6) is 0 Å². The monoisotopic (exact) mass is 225 g/mol. The molecule has 0 unspecified atom stereocenters. The third-order valence-electron chi connectivity index (χ3n) is 2.32. The number of hydrogen-bond donors (Lipinski definition) is 2. The quantitative estimate of drug-likeness (QED) is 0.822. The van der Waals surface area contributed by atoms with E-state index in [1.807, 2.05) is 5.38 Å². The summed E-state index contributed by atoms with van der Waals surface area (Å²) < 4.78 is 0. The lowest BCUT2D eigenvalue weighted by molar-refractivity contribution is -0.120. The van der Waals surface area contributed by atoms with Gasteiger partial charge in [-0.25, -0.2) is 4.98 Å². The zero-order chi connectivity index (χ0) is 11.1. The van der Waals surface area contributed by atoms with Gasteiger partial charge in [0.2, 0.25) is 5.91 Å². The SMILES string of the molecule is CC(C)(N)C(=O)Nc1nc(C2CC2)cs1. The van der Waals surface area contributed by atoms with Crippen LogP contribution in [0, 0.1) is 0 Å². The predicted molar refractivity (Wildman–Crippen MR) is 61.0 cm³/mol. The van der Waals surface area contributed by atoms with E-state index in [4.69, 9.17) is 5.73 Å². The summed E-state index contributed by atoms with van der Waals surface area (Å²) in [6, 6.07) is 0. The second-order valence-electron chi connectivity index (χ2n) is 4.53. The molecule has 1 fully saturated rings. The van der Waals surface area contributed by atoms with Crippen LogP contribution in [-0.2, 0) is 4.79 Å². The molecule has 0 radical (unpaired) electrons. The highest BCUT2D eigenvalue weighted by atomic mass is 32.1. The number of carbonyl (C=O) groups excluding carboxylic acids is 1. The van der Waals surface area contributed by atoms with E-state index in [2.05, 4.69) is 10.3 Å². The maximum absolute atomic E-state index is 11.6. The predicted octanol–water partition coefficient (Wildman–Crippen LogP) is 1.70. The third-order valence-corrected chi connectivity index (χ3v) is 3.10. The Morgan fingerprint density at radius 2 is 2.33 bits per heavy atom. The second kappa shape index (κ2) is 3.57. The number of aromatic nitrogens is 1. The highest BCUT2D eigenvalue weighted by Crippen LogP contribution is 2.40. The first-order valence-electron chi connectivity index (χ1n) is 5.02. The summed E-state index contributed by atoms with van der Waals surface area (Å²) in [6.07, 6.45) is 2.44. The number of rotatable bonds is 3. The topological polar surface area (TPSA) is 68.0 Å². The minimum Gasteiger partial charge on any atom is -0.318 e. The molecule has 1 aliphatic rings. The molecule has 0 spiro atoms. The number of hydrogen-bond acceptors (Lipinski definition) is 4. The number of thiazole rings is 1. The van der Waals surface area contributed by atoms with Gasteiger partial charge < -0.3 is 11.1 Å². The van der Waals surface area contributed by atoms with Crippen molar-refractivity contribution in [3.63, 3.8) is 0 Å². The molecule has 0 aliphatic heterocycles. The molecule has 0 saturated heterocycles. The van der Waals surface area contributed by atoms with E-state index < -0.39 is 5.54 Å². The van der Waals surface area contributed by atoms with E-state index in [1.165, 1.54) is 24.2 Å². The van der Waals surface area contributed by atoms with E-state index in [0.29, 0.717) is 11.0 Å². The molecule has 5 heteroatoms. The first-order valence-corrected chi connectivity index (χ1v) is 5.90. The van der Waals surface area contributed by atoms with Crippen LogP contribution in [-0.4, -0.2) is 16.4 Å². The van der Waals surface area contributed by atoms with Crippen molar-refractivity contribution in [3.8, 4) is 0 Å². The first kappa shape index (κ1) is 10.6. The van der Waals surface area contributed by atoms with Gasteiger partial charge in [-0.15, -0.1) is 11.3 Å². The van der Waals surface area contributed by atoms with Gasteiger partial charge in [-0.3, -0.25) is 4.79 Å². The Kier molecular flexibility index (Phi) is 2.52. The Bertz CT molecular complexity index is 376. The highest BCUT2D eigenvalue weighted by Gasteiger charge is 2.27. The van der Waals surface area contributed by atoms with Gasteiger partial charge in [0.1, 0.15) is 0 Å². The Morgan fingerprint density at radius 1 is 1.67 bits per heavy atom. The van der Waals surface area contributed by atoms with Crippen molar-refractivity contribution >= 4 is 22.4 Å². The van der Waals surface area contributed by atoms with Gasteiger partial charge in [0.25, 0.3) is 0 Å². The average Bonchev–Trinajstić information content (AvgIpc) is 2.87. The van der Waals surface area contributed by atoms with Crippen molar-refractivity contribution in [1.29, 1.82) is 0 Å². The van der Waals surface area contributed by atoms with Gasteiger partial charge in [0, 0.05) is 11.3 Å². The molecule has 1 aromatic rings. The Labute approximate surface area is 92.9 Å². The maximum atomic E-state index is 11.6. The molecule has 1 amide bonds.